The van der Waals surface area contributed by atoms with Gasteiger partial charge in [-0.1, -0.05) is 25.1 Å². The van der Waals surface area contributed by atoms with Gasteiger partial charge in [0, 0.05) is 25.9 Å². The van der Waals surface area contributed by atoms with Gasteiger partial charge in [-0.3, -0.25) is 0 Å². The summed E-state index contributed by atoms with van der Waals surface area (Å²) in [5.74, 6) is 0.676. The minimum Gasteiger partial charge on any atom is -0.379 e. The number of methoxy groups -OCH3 is 1. The summed E-state index contributed by atoms with van der Waals surface area (Å²) in [7, 11) is 1.82. The van der Waals surface area contributed by atoms with Crippen molar-refractivity contribution in [2.45, 2.75) is 19.4 Å². The molecule has 1 aromatic rings. The zero-order valence-corrected chi connectivity index (χ0v) is 9.52. The Bertz CT molecular complexity index is 299. The van der Waals surface area contributed by atoms with Gasteiger partial charge < -0.3 is 9.64 Å². The van der Waals surface area contributed by atoms with Gasteiger partial charge in [-0.2, -0.15) is 0 Å². The number of hydrogen-bond donors (Lipinski definition) is 0. The van der Waals surface area contributed by atoms with Crippen LogP contribution in [-0.2, 0) is 4.74 Å². The second-order valence-electron chi connectivity index (χ2n) is 4.32. The number of para-hydroxylation sites is 1. The number of nitrogens with zero attached hydrogens (tertiary/aromatic N) is 1. The van der Waals surface area contributed by atoms with Gasteiger partial charge in [0.2, 0.25) is 0 Å². The van der Waals surface area contributed by atoms with Crippen molar-refractivity contribution in [1.29, 1.82) is 0 Å². The molecule has 0 saturated carbocycles. The Morgan fingerprint density at radius 1 is 1.27 bits per heavy atom. The van der Waals surface area contributed by atoms with Crippen LogP contribution in [-0.4, -0.2) is 26.3 Å². The fourth-order valence-electron chi connectivity index (χ4n) is 2.21. The van der Waals surface area contributed by atoms with E-state index in [1.165, 1.54) is 12.1 Å². The molecular formula is C13H19NO. The largest absolute Gasteiger partial charge is 0.379 e. The molecular weight excluding hydrogens is 186 g/mol. The van der Waals surface area contributed by atoms with E-state index >= 15 is 0 Å². The molecule has 1 fully saturated rings. The van der Waals surface area contributed by atoms with Crippen molar-refractivity contribution in [3.8, 4) is 0 Å². The second-order valence-corrected chi connectivity index (χ2v) is 4.32. The third-order valence-corrected chi connectivity index (χ3v) is 3.31. The van der Waals surface area contributed by atoms with Crippen molar-refractivity contribution in [2.75, 3.05) is 25.1 Å². The number of piperidine rings is 1. The van der Waals surface area contributed by atoms with Crippen LogP contribution in [0.2, 0.25) is 0 Å². The van der Waals surface area contributed by atoms with Gasteiger partial charge in [-0.15, -0.1) is 0 Å². The molecule has 82 valence electrons. The Kier molecular flexibility index (Phi) is 3.27. The van der Waals surface area contributed by atoms with Crippen molar-refractivity contribution < 1.29 is 4.74 Å². The van der Waals surface area contributed by atoms with Crippen LogP contribution in [0.1, 0.15) is 13.3 Å². The number of hydrogen-bond acceptors (Lipinski definition) is 2. The molecule has 2 nitrogen and oxygen atoms in total. The van der Waals surface area contributed by atoms with E-state index in [-0.39, 0.29) is 0 Å². The quantitative estimate of drug-likeness (QED) is 0.735. The summed E-state index contributed by atoms with van der Waals surface area (Å²) in [4.78, 5) is 2.41. The molecule has 1 saturated heterocycles. The Morgan fingerprint density at radius 2 is 2.00 bits per heavy atom. The number of rotatable bonds is 2. The highest BCUT2D eigenvalue weighted by atomic mass is 16.5. The summed E-state index contributed by atoms with van der Waals surface area (Å²) in [6.45, 7) is 4.43. The molecule has 0 N–H and O–H groups in total. The van der Waals surface area contributed by atoms with Crippen LogP contribution < -0.4 is 4.90 Å². The van der Waals surface area contributed by atoms with Crippen LogP contribution in [0.5, 0.6) is 0 Å². The van der Waals surface area contributed by atoms with E-state index < -0.39 is 0 Å². The predicted molar refractivity (Wildman–Crippen MR) is 63.2 cm³/mol. The summed E-state index contributed by atoms with van der Waals surface area (Å²) in [5.41, 5.74) is 1.31. The maximum absolute atomic E-state index is 5.51. The maximum atomic E-state index is 5.51. The topological polar surface area (TPSA) is 12.5 Å². The fraction of sp³-hybridized carbons (Fsp3) is 0.538. The minimum absolute atomic E-state index is 0.374. The summed E-state index contributed by atoms with van der Waals surface area (Å²) in [6, 6.07) is 10.6. The summed E-state index contributed by atoms with van der Waals surface area (Å²) < 4.78 is 5.51. The van der Waals surface area contributed by atoms with Crippen molar-refractivity contribution in [2.24, 2.45) is 5.92 Å². The summed E-state index contributed by atoms with van der Waals surface area (Å²) in [5, 5.41) is 0. The van der Waals surface area contributed by atoms with Crippen LogP contribution in [0, 0.1) is 5.92 Å². The number of anilines is 1. The van der Waals surface area contributed by atoms with Gasteiger partial charge in [0.05, 0.1) is 6.10 Å². The Morgan fingerprint density at radius 3 is 2.67 bits per heavy atom. The van der Waals surface area contributed by atoms with Crippen LogP contribution in [0.15, 0.2) is 30.3 Å². The van der Waals surface area contributed by atoms with Crippen molar-refractivity contribution in [1.82, 2.24) is 0 Å². The highest BCUT2D eigenvalue weighted by Gasteiger charge is 2.25. The Labute approximate surface area is 91.9 Å². The van der Waals surface area contributed by atoms with Crippen molar-refractivity contribution in [3.05, 3.63) is 30.3 Å². The molecule has 1 heterocycles. The van der Waals surface area contributed by atoms with Crippen molar-refractivity contribution in [3.63, 3.8) is 0 Å². The van der Waals surface area contributed by atoms with Gasteiger partial charge in [0.1, 0.15) is 0 Å². The number of benzene rings is 1. The summed E-state index contributed by atoms with van der Waals surface area (Å²) in [6.07, 6.45) is 1.59. The fourth-order valence-corrected chi connectivity index (χ4v) is 2.21. The first-order chi connectivity index (χ1) is 7.31. The normalized spacial score (nSPS) is 26.7. The maximum Gasteiger partial charge on any atom is 0.0772 e. The van der Waals surface area contributed by atoms with E-state index in [9.17, 15) is 0 Å². The van der Waals surface area contributed by atoms with Gasteiger partial charge in [0.15, 0.2) is 0 Å². The second kappa shape index (κ2) is 4.67. The first-order valence-electron chi connectivity index (χ1n) is 5.64. The van der Waals surface area contributed by atoms with Crippen LogP contribution >= 0.6 is 0 Å². The summed E-state index contributed by atoms with van der Waals surface area (Å²) >= 11 is 0. The lowest BCUT2D eigenvalue weighted by molar-refractivity contribution is 0.0498. The third-order valence-electron chi connectivity index (χ3n) is 3.31. The average molecular weight is 205 g/mol. The molecule has 0 aliphatic carbocycles. The smallest absolute Gasteiger partial charge is 0.0772 e. The molecule has 0 spiro atoms. The van der Waals surface area contributed by atoms with Crippen LogP contribution in [0.4, 0.5) is 5.69 Å². The van der Waals surface area contributed by atoms with Crippen LogP contribution in [0.3, 0.4) is 0 Å². The number of ether oxygens (including phenoxy) is 1. The lowest BCUT2D eigenvalue weighted by Gasteiger charge is -2.37. The lowest BCUT2D eigenvalue weighted by Crippen LogP contribution is -2.43. The zero-order valence-electron chi connectivity index (χ0n) is 9.52. The SMILES string of the molecule is COC1CN(c2ccccc2)CCC1C. The molecule has 1 aliphatic heterocycles. The highest BCUT2D eigenvalue weighted by molar-refractivity contribution is 5.46. The third kappa shape index (κ3) is 2.32. The first kappa shape index (κ1) is 10.5. The molecule has 0 amide bonds. The minimum atomic E-state index is 0.374. The molecule has 2 atom stereocenters. The Balaban J connectivity index is 2.06. The average Bonchev–Trinajstić information content (AvgIpc) is 2.31. The van der Waals surface area contributed by atoms with E-state index in [1.54, 1.807) is 0 Å². The molecule has 2 unspecified atom stereocenters. The monoisotopic (exact) mass is 205 g/mol. The lowest BCUT2D eigenvalue weighted by atomic mass is 9.95. The van der Waals surface area contributed by atoms with E-state index in [1.807, 2.05) is 7.11 Å². The van der Waals surface area contributed by atoms with Gasteiger partial charge >= 0.3 is 0 Å². The molecule has 2 heteroatoms. The van der Waals surface area contributed by atoms with Crippen molar-refractivity contribution >= 4 is 5.69 Å². The van der Waals surface area contributed by atoms with Gasteiger partial charge in [-0.25, -0.2) is 0 Å². The molecule has 1 aromatic carbocycles. The van der Waals surface area contributed by atoms with E-state index in [2.05, 4.69) is 42.2 Å². The standard InChI is InChI=1S/C13H19NO/c1-11-8-9-14(10-13(11)15-2)12-6-4-3-5-7-12/h3-7,11,13H,8-10H2,1-2H3. The Hall–Kier alpha value is -1.02. The molecule has 15 heavy (non-hydrogen) atoms. The van der Waals surface area contributed by atoms with Crippen LogP contribution in [0.25, 0.3) is 0 Å². The molecule has 0 bridgehead atoms. The zero-order chi connectivity index (χ0) is 10.7. The molecule has 1 aliphatic rings. The van der Waals surface area contributed by atoms with E-state index in [0.29, 0.717) is 12.0 Å². The molecule has 2 rings (SSSR count). The van der Waals surface area contributed by atoms with Gasteiger partial charge in [-0.05, 0) is 24.5 Å². The van der Waals surface area contributed by atoms with Gasteiger partial charge in [0.25, 0.3) is 0 Å². The molecule has 0 aromatic heterocycles. The van der Waals surface area contributed by atoms with E-state index in [0.717, 1.165) is 13.1 Å². The highest BCUT2D eigenvalue weighted by Crippen LogP contribution is 2.24. The first-order valence-corrected chi connectivity index (χ1v) is 5.64. The predicted octanol–water partition coefficient (Wildman–Crippen LogP) is 2.55. The molecule has 0 radical (unpaired) electrons. The van der Waals surface area contributed by atoms with E-state index in [4.69, 9.17) is 4.74 Å².